The molecule has 25 heavy (non-hydrogen) atoms. The molecule has 6 heteroatoms. The SMILES string of the molecule is C=CCOc1ccc(NC(=O)C(=O)NCCc2ccc(Cl)cc2)cc1. The molecular weight excluding hydrogens is 340 g/mol. The van der Waals surface area contributed by atoms with Crippen molar-refractivity contribution in [2.45, 2.75) is 6.42 Å². The first-order chi connectivity index (χ1) is 12.1. The van der Waals surface area contributed by atoms with Crippen LogP contribution in [0.15, 0.2) is 61.2 Å². The van der Waals surface area contributed by atoms with Gasteiger partial charge in [0.1, 0.15) is 12.4 Å². The van der Waals surface area contributed by atoms with Gasteiger partial charge in [0.25, 0.3) is 0 Å². The van der Waals surface area contributed by atoms with Crippen LogP contribution in [0.4, 0.5) is 5.69 Å². The molecule has 0 aliphatic heterocycles. The molecule has 0 unspecified atom stereocenters. The van der Waals surface area contributed by atoms with Gasteiger partial charge in [-0.3, -0.25) is 9.59 Å². The number of nitrogens with one attached hydrogen (secondary N) is 2. The number of ether oxygens (including phenoxy) is 1. The van der Waals surface area contributed by atoms with E-state index < -0.39 is 11.8 Å². The maximum absolute atomic E-state index is 11.9. The standard InChI is InChI=1S/C19H19ClN2O3/c1-2-13-25-17-9-7-16(8-10-17)22-19(24)18(23)21-12-11-14-3-5-15(20)6-4-14/h2-10H,1,11-13H2,(H,21,23)(H,22,24). The Balaban J connectivity index is 1.76. The largest absolute Gasteiger partial charge is 0.490 e. The molecule has 0 bridgehead atoms. The number of amides is 2. The minimum atomic E-state index is -0.712. The minimum Gasteiger partial charge on any atom is -0.490 e. The quantitative estimate of drug-likeness (QED) is 0.590. The van der Waals surface area contributed by atoms with E-state index in [0.29, 0.717) is 36.0 Å². The Labute approximate surface area is 151 Å². The molecule has 0 heterocycles. The molecule has 2 N–H and O–H groups in total. The van der Waals surface area contributed by atoms with Gasteiger partial charge in [0, 0.05) is 17.3 Å². The van der Waals surface area contributed by atoms with E-state index in [0.717, 1.165) is 5.56 Å². The number of hydrogen-bond acceptors (Lipinski definition) is 3. The second-order valence-corrected chi connectivity index (χ2v) is 5.65. The Bertz CT molecular complexity index is 727. The Hall–Kier alpha value is -2.79. The summed E-state index contributed by atoms with van der Waals surface area (Å²) in [5, 5.41) is 5.78. The zero-order valence-corrected chi connectivity index (χ0v) is 14.4. The van der Waals surface area contributed by atoms with E-state index in [1.165, 1.54) is 0 Å². The fraction of sp³-hybridized carbons (Fsp3) is 0.158. The third-order valence-corrected chi connectivity index (χ3v) is 3.55. The van der Waals surface area contributed by atoms with Gasteiger partial charge in [0.05, 0.1) is 0 Å². The van der Waals surface area contributed by atoms with Crippen LogP contribution >= 0.6 is 11.6 Å². The lowest BCUT2D eigenvalue weighted by Gasteiger charge is -2.08. The Morgan fingerprint density at radius 2 is 1.72 bits per heavy atom. The van der Waals surface area contributed by atoms with Gasteiger partial charge in [-0.25, -0.2) is 0 Å². The maximum Gasteiger partial charge on any atom is 0.313 e. The zero-order valence-electron chi connectivity index (χ0n) is 13.6. The van der Waals surface area contributed by atoms with E-state index >= 15 is 0 Å². The summed E-state index contributed by atoms with van der Waals surface area (Å²) in [5.41, 5.74) is 1.55. The summed E-state index contributed by atoms with van der Waals surface area (Å²) in [6.45, 7) is 4.34. The number of hydrogen-bond donors (Lipinski definition) is 2. The fourth-order valence-corrected chi connectivity index (χ4v) is 2.16. The summed E-state index contributed by atoms with van der Waals surface area (Å²) in [6.07, 6.45) is 2.26. The topological polar surface area (TPSA) is 67.4 Å². The zero-order chi connectivity index (χ0) is 18.1. The van der Waals surface area contributed by atoms with Crippen LogP contribution in [-0.2, 0) is 16.0 Å². The number of carbonyl (C=O) groups is 2. The smallest absolute Gasteiger partial charge is 0.313 e. The van der Waals surface area contributed by atoms with E-state index in [2.05, 4.69) is 17.2 Å². The number of rotatable bonds is 7. The lowest BCUT2D eigenvalue weighted by molar-refractivity contribution is -0.136. The van der Waals surface area contributed by atoms with Crippen LogP contribution in [0.5, 0.6) is 5.75 Å². The van der Waals surface area contributed by atoms with Crippen molar-refractivity contribution in [3.8, 4) is 5.75 Å². The van der Waals surface area contributed by atoms with E-state index in [1.807, 2.05) is 12.1 Å². The summed E-state index contributed by atoms with van der Waals surface area (Å²) >= 11 is 5.81. The molecule has 0 spiro atoms. The second kappa shape index (κ2) is 9.49. The van der Waals surface area contributed by atoms with Gasteiger partial charge in [-0.1, -0.05) is 36.4 Å². The highest BCUT2D eigenvalue weighted by atomic mass is 35.5. The van der Waals surface area contributed by atoms with Crippen LogP contribution in [0.2, 0.25) is 5.02 Å². The highest BCUT2D eigenvalue weighted by Crippen LogP contribution is 2.15. The summed E-state index contributed by atoms with van der Waals surface area (Å²) in [7, 11) is 0. The van der Waals surface area contributed by atoms with Crippen LogP contribution in [0, 0.1) is 0 Å². The lowest BCUT2D eigenvalue weighted by Crippen LogP contribution is -2.36. The van der Waals surface area contributed by atoms with Gasteiger partial charge >= 0.3 is 11.8 Å². The number of halogens is 1. The van der Waals surface area contributed by atoms with Crippen molar-refractivity contribution >= 4 is 29.1 Å². The predicted octanol–water partition coefficient (Wildman–Crippen LogP) is 3.20. The van der Waals surface area contributed by atoms with E-state index in [4.69, 9.17) is 16.3 Å². The fourth-order valence-electron chi connectivity index (χ4n) is 2.03. The first-order valence-electron chi connectivity index (χ1n) is 7.76. The van der Waals surface area contributed by atoms with Crippen LogP contribution in [-0.4, -0.2) is 25.0 Å². The molecule has 0 aliphatic rings. The normalized spacial score (nSPS) is 9.96. The van der Waals surface area contributed by atoms with Crippen molar-refractivity contribution in [1.82, 2.24) is 5.32 Å². The second-order valence-electron chi connectivity index (χ2n) is 5.21. The molecule has 0 saturated heterocycles. The van der Waals surface area contributed by atoms with E-state index in [1.54, 1.807) is 42.5 Å². The van der Waals surface area contributed by atoms with Crippen LogP contribution in [0.1, 0.15) is 5.56 Å². The highest BCUT2D eigenvalue weighted by Gasteiger charge is 2.13. The molecular formula is C19H19ClN2O3. The molecule has 2 aromatic carbocycles. The number of anilines is 1. The molecule has 0 radical (unpaired) electrons. The van der Waals surface area contributed by atoms with Gasteiger partial charge in [-0.2, -0.15) is 0 Å². The highest BCUT2D eigenvalue weighted by molar-refractivity contribution is 6.39. The molecule has 2 amide bonds. The number of carbonyl (C=O) groups excluding carboxylic acids is 2. The first kappa shape index (κ1) is 18.5. The van der Waals surface area contributed by atoms with Crippen molar-refractivity contribution in [2.24, 2.45) is 0 Å². The minimum absolute atomic E-state index is 0.363. The Morgan fingerprint density at radius 3 is 2.36 bits per heavy atom. The molecule has 0 saturated carbocycles. The molecule has 2 aromatic rings. The molecule has 0 aliphatic carbocycles. The third-order valence-electron chi connectivity index (χ3n) is 3.30. The van der Waals surface area contributed by atoms with Crippen LogP contribution in [0.3, 0.4) is 0 Å². The van der Waals surface area contributed by atoms with Gasteiger partial charge in [-0.15, -0.1) is 0 Å². The van der Waals surface area contributed by atoms with Crippen molar-refractivity contribution in [2.75, 3.05) is 18.5 Å². The van der Waals surface area contributed by atoms with Crippen LogP contribution in [0.25, 0.3) is 0 Å². The van der Waals surface area contributed by atoms with Gasteiger partial charge in [0.2, 0.25) is 0 Å². The summed E-state index contributed by atoms with van der Waals surface area (Å²) in [5.74, 6) is -0.734. The summed E-state index contributed by atoms with van der Waals surface area (Å²) in [6, 6.07) is 14.1. The van der Waals surface area contributed by atoms with Crippen molar-refractivity contribution in [3.63, 3.8) is 0 Å². The van der Waals surface area contributed by atoms with E-state index in [9.17, 15) is 9.59 Å². The molecule has 2 rings (SSSR count). The average Bonchev–Trinajstić information content (AvgIpc) is 2.62. The molecule has 0 atom stereocenters. The predicted molar refractivity (Wildman–Crippen MR) is 98.9 cm³/mol. The monoisotopic (exact) mass is 358 g/mol. The van der Waals surface area contributed by atoms with Gasteiger partial charge in [0.15, 0.2) is 0 Å². The first-order valence-corrected chi connectivity index (χ1v) is 8.13. The molecule has 0 aromatic heterocycles. The lowest BCUT2D eigenvalue weighted by atomic mass is 10.1. The van der Waals surface area contributed by atoms with Crippen molar-refractivity contribution in [3.05, 3.63) is 71.8 Å². The average molecular weight is 359 g/mol. The number of benzene rings is 2. The van der Waals surface area contributed by atoms with Gasteiger partial charge in [-0.05, 0) is 48.4 Å². The Kier molecular flexibility index (Phi) is 7.04. The summed E-state index contributed by atoms with van der Waals surface area (Å²) in [4.78, 5) is 23.7. The van der Waals surface area contributed by atoms with Crippen LogP contribution < -0.4 is 15.4 Å². The summed E-state index contributed by atoms with van der Waals surface area (Å²) < 4.78 is 5.35. The third kappa shape index (κ3) is 6.31. The van der Waals surface area contributed by atoms with E-state index in [-0.39, 0.29) is 0 Å². The maximum atomic E-state index is 11.9. The molecule has 5 nitrogen and oxygen atoms in total. The van der Waals surface area contributed by atoms with Crippen molar-refractivity contribution < 1.29 is 14.3 Å². The molecule has 130 valence electrons. The molecule has 0 fully saturated rings. The Morgan fingerprint density at radius 1 is 1.04 bits per heavy atom. The van der Waals surface area contributed by atoms with Gasteiger partial charge < -0.3 is 15.4 Å². The van der Waals surface area contributed by atoms with Crippen molar-refractivity contribution in [1.29, 1.82) is 0 Å².